The van der Waals surface area contributed by atoms with Crippen molar-refractivity contribution in [3.63, 3.8) is 0 Å². The predicted octanol–water partition coefficient (Wildman–Crippen LogP) is 5.56. The van der Waals surface area contributed by atoms with Crippen LogP contribution >= 0.6 is 11.3 Å². The molecule has 362 valence electrons. The molecule has 0 radical (unpaired) electrons. The number of hydrogen-bond acceptors (Lipinski definition) is 11. The molecule has 1 saturated heterocycles. The molecule has 6 aromatic rings. The average Bonchev–Trinajstić information content (AvgIpc) is 4.08. The summed E-state index contributed by atoms with van der Waals surface area (Å²) in [6, 6.07) is 15.8. The summed E-state index contributed by atoms with van der Waals surface area (Å²) in [5.41, 5.74) is 5.29. The zero-order valence-corrected chi connectivity index (χ0v) is 39.2. The molecule has 3 aromatic carbocycles. The first kappa shape index (κ1) is 49.7. The molecule has 1 fully saturated rings. The fourth-order valence-electron chi connectivity index (χ4n) is 8.02. The number of likely N-dealkylation sites (tertiary alicyclic amines) is 1. The number of rotatable bonds is 19. The van der Waals surface area contributed by atoms with Crippen molar-refractivity contribution in [1.29, 1.82) is 0 Å². The number of aryl methyl sites for hydroxylation is 2. The standard InChI is InChI=1S/C48H55F3N8O8S/c1-29-41(68-28-54-29)31-8-6-30(7-9-31)24-53-45(63)39-23-35(60)25-58(39)46(64)42(47(2,3)4)55-40(61)27-67-21-20-66-19-18-65-17-16-52-44(62)32-10-15-38-36(22-32)37-26-57(5)56-43(37)59(38)34-13-11-33(12-14-34)48(49,50)51/h6-15,22,26,28,35,39,42,60H,16-21,23-25,27H2,1-5H3,(H,52,62)(H,53,63)(H,55,61)/t35?,39?,42-/m1/s1. The van der Waals surface area contributed by atoms with Crippen LogP contribution in [0, 0.1) is 12.3 Å². The van der Waals surface area contributed by atoms with Gasteiger partial charge in [0.2, 0.25) is 17.7 Å². The lowest BCUT2D eigenvalue weighted by Crippen LogP contribution is -2.58. The van der Waals surface area contributed by atoms with Gasteiger partial charge in [-0.3, -0.25) is 28.4 Å². The fourth-order valence-corrected chi connectivity index (χ4v) is 8.83. The van der Waals surface area contributed by atoms with Gasteiger partial charge in [-0.25, -0.2) is 4.98 Å². The Morgan fingerprint density at radius 1 is 0.897 bits per heavy atom. The van der Waals surface area contributed by atoms with Gasteiger partial charge in [-0.15, -0.1) is 11.3 Å². The summed E-state index contributed by atoms with van der Waals surface area (Å²) < 4.78 is 59.6. The number of nitrogens with zero attached hydrogens (tertiary/aromatic N) is 5. The van der Waals surface area contributed by atoms with Crippen LogP contribution in [0.3, 0.4) is 0 Å². The number of nitrogens with one attached hydrogen (secondary N) is 3. The normalized spacial score (nSPS) is 15.8. The molecule has 1 aliphatic heterocycles. The maximum atomic E-state index is 13.9. The quantitative estimate of drug-likeness (QED) is 0.0749. The first-order valence-electron chi connectivity index (χ1n) is 22.1. The van der Waals surface area contributed by atoms with E-state index >= 15 is 0 Å². The van der Waals surface area contributed by atoms with Crippen LogP contribution in [0.2, 0.25) is 0 Å². The molecule has 68 heavy (non-hydrogen) atoms. The average molecular weight is 961 g/mol. The number of ether oxygens (including phenoxy) is 3. The van der Waals surface area contributed by atoms with Crippen LogP contribution in [0.25, 0.3) is 38.1 Å². The van der Waals surface area contributed by atoms with Gasteiger partial charge >= 0.3 is 6.18 Å². The van der Waals surface area contributed by atoms with Crippen molar-refractivity contribution >= 4 is 56.9 Å². The lowest BCUT2D eigenvalue weighted by molar-refractivity contribution is -0.144. The van der Waals surface area contributed by atoms with Gasteiger partial charge in [0, 0.05) is 61.3 Å². The Morgan fingerprint density at radius 3 is 2.25 bits per heavy atom. The number of carbonyl (C=O) groups is 4. The van der Waals surface area contributed by atoms with Crippen LogP contribution < -0.4 is 16.0 Å². The van der Waals surface area contributed by atoms with E-state index in [0.29, 0.717) is 22.4 Å². The zero-order valence-electron chi connectivity index (χ0n) is 38.4. The SMILES string of the molecule is Cc1ncsc1-c1ccc(CNC(=O)C2CC(O)CN2C(=O)[C@@H](NC(=O)COCCOCCOCCNC(=O)c2ccc3c(c2)c2cn(C)nc2n3-c2ccc(C(F)(F)F)cc2)C(C)(C)C)cc1. The number of carbonyl (C=O) groups excluding carboxylic acids is 4. The molecule has 7 rings (SSSR count). The molecule has 20 heteroatoms. The largest absolute Gasteiger partial charge is 0.416 e. The molecule has 3 atom stereocenters. The molecule has 1 aliphatic rings. The van der Waals surface area contributed by atoms with Gasteiger partial charge in [-0.2, -0.15) is 18.3 Å². The Balaban J connectivity index is 0.792. The smallest absolute Gasteiger partial charge is 0.391 e. The van der Waals surface area contributed by atoms with Gasteiger partial charge in [0.1, 0.15) is 18.7 Å². The number of alkyl halides is 3. The summed E-state index contributed by atoms with van der Waals surface area (Å²) in [6.45, 7) is 8.38. The van der Waals surface area contributed by atoms with Crippen molar-refractivity contribution < 1.29 is 51.7 Å². The first-order chi connectivity index (χ1) is 32.4. The Labute approximate surface area is 394 Å². The highest BCUT2D eigenvalue weighted by molar-refractivity contribution is 7.13. The summed E-state index contributed by atoms with van der Waals surface area (Å²) in [5.74, 6) is -1.73. The minimum Gasteiger partial charge on any atom is -0.391 e. The summed E-state index contributed by atoms with van der Waals surface area (Å²) in [7, 11) is 1.74. The Morgan fingerprint density at radius 2 is 1.59 bits per heavy atom. The molecule has 16 nitrogen and oxygen atoms in total. The van der Waals surface area contributed by atoms with E-state index in [4.69, 9.17) is 14.2 Å². The number of fused-ring (bicyclic) bond motifs is 3. The monoisotopic (exact) mass is 960 g/mol. The molecule has 0 bridgehead atoms. The summed E-state index contributed by atoms with van der Waals surface area (Å²) in [4.78, 5) is 60.1. The minimum atomic E-state index is -4.46. The second kappa shape index (κ2) is 21.4. The molecule has 4 N–H and O–H groups in total. The second-order valence-electron chi connectivity index (χ2n) is 17.6. The highest BCUT2D eigenvalue weighted by atomic mass is 32.1. The van der Waals surface area contributed by atoms with Crippen LogP contribution in [-0.2, 0) is 48.4 Å². The van der Waals surface area contributed by atoms with E-state index < -0.39 is 53.1 Å². The van der Waals surface area contributed by atoms with Crippen molar-refractivity contribution in [1.82, 2.24) is 40.2 Å². The minimum absolute atomic E-state index is 0.0436. The maximum Gasteiger partial charge on any atom is 0.416 e. The summed E-state index contributed by atoms with van der Waals surface area (Å²) in [6.07, 6.45) is -3.49. The Hall–Kier alpha value is -6.19. The third-order valence-corrected chi connectivity index (χ3v) is 12.5. The number of aliphatic hydroxyl groups is 1. The molecule has 0 spiro atoms. The third kappa shape index (κ3) is 11.9. The van der Waals surface area contributed by atoms with Crippen LogP contribution in [-0.4, -0.2) is 124 Å². The van der Waals surface area contributed by atoms with Crippen LogP contribution in [0.5, 0.6) is 0 Å². The van der Waals surface area contributed by atoms with E-state index in [1.54, 1.807) is 78.3 Å². The van der Waals surface area contributed by atoms with Gasteiger partial charge < -0.3 is 40.2 Å². The van der Waals surface area contributed by atoms with Gasteiger partial charge in [0.05, 0.1) is 66.3 Å². The van der Waals surface area contributed by atoms with Crippen LogP contribution in [0.15, 0.2) is 78.4 Å². The van der Waals surface area contributed by atoms with Crippen LogP contribution in [0.1, 0.15) is 54.4 Å². The zero-order chi connectivity index (χ0) is 48.8. The van der Waals surface area contributed by atoms with Gasteiger partial charge in [0.15, 0.2) is 5.65 Å². The number of benzene rings is 3. The molecular formula is C48H55F3N8O8S. The van der Waals surface area contributed by atoms with E-state index in [2.05, 4.69) is 26.0 Å². The van der Waals surface area contributed by atoms with Crippen molar-refractivity contribution in [3.05, 3.63) is 101 Å². The molecule has 3 aromatic heterocycles. The Kier molecular flexibility index (Phi) is 15.6. The summed E-state index contributed by atoms with van der Waals surface area (Å²) >= 11 is 1.56. The molecular weight excluding hydrogens is 906 g/mol. The van der Waals surface area contributed by atoms with Gasteiger partial charge in [-0.05, 0) is 65.9 Å². The van der Waals surface area contributed by atoms with Crippen molar-refractivity contribution in [2.24, 2.45) is 12.5 Å². The number of aromatic nitrogens is 4. The lowest BCUT2D eigenvalue weighted by atomic mass is 9.85. The van der Waals surface area contributed by atoms with E-state index in [1.807, 2.05) is 31.2 Å². The first-order valence-corrected chi connectivity index (χ1v) is 23.0. The third-order valence-electron chi connectivity index (χ3n) is 11.5. The number of β-amino-alcohol motifs (C(OH)–C–C–N with tert-alkyl or cyclic N) is 1. The number of aliphatic hydroxyl groups excluding tert-OH is 1. The number of amides is 4. The number of halogens is 3. The maximum absolute atomic E-state index is 13.9. The highest BCUT2D eigenvalue weighted by Gasteiger charge is 2.44. The van der Waals surface area contributed by atoms with Crippen molar-refractivity contribution in [2.45, 2.75) is 65.0 Å². The molecule has 4 amide bonds. The van der Waals surface area contributed by atoms with E-state index in [9.17, 15) is 37.5 Å². The fraction of sp³-hybridized carbons (Fsp3) is 0.417. The topological polar surface area (TPSA) is 191 Å². The highest BCUT2D eigenvalue weighted by Crippen LogP contribution is 2.35. The predicted molar refractivity (Wildman–Crippen MR) is 249 cm³/mol. The van der Waals surface area contributed by atoms with E-state index in [-0.39, 0.29) is 71.6 Å². The van der Waals surface area contributed by atoms with Crippen LogP contribution in [0.4, 0.5) is 13.2 Å². The Bertz CT molecular complexity index is 2730. The molecule has 0 aliphatic carbocycles. The summed E-state index contributed by atoms with van der Waals surface area (Å²) in [5, 5.41) is 25.0. The number of hydrogen-bond donors (Lipinski definition) is 4. The molecule has 0 saturated carbocycles. The molecule has 4 heterocycles. The lowest BCUT2D eigenvalue weighted by Gasteiger charge is -2.35. The van der Waals surface area contributed by atoms with Crippen molar-refractivity contribution in [3.8, 4) is 16.1 Å². The van der Waals surface area contributed by atoms with Crippen molar-refractivity contribution in [2.75, 3.05) is 52.7 Å². The van der Waals surface area contributed by atoms with E-state index in [1.165, 1.54) is 17.0 Å². The van der Waals surface area contributed by atoms with Gasteiger partial charge in [0.25, 0.3) is 5.91 Å². The second-order valence-corrected chi connectivity index (χ2v) is 18.5. The molecule has 2 unspecified atom stereocenters. The number of thiazole rings is 1. The van der Waals surface area contributed by atoms with E-state index in [0.717, 1.165) is 44.6 Å². The van der Waals surface area contributed by atoms with Gasteiger partial charge in [-0.1, -0.05) is 45.0 Å².